The summed E-state index contributed by atoms with van der Waals surface area (Å²) >= 11 is 0. The van der Waals surface area contributed by atoms with E-state index >= 15 is 0 Å². The summed E-state index contributed by atoms with van der Waals surface area (Å²) in [6, 6.07) is 13.6. The zero-order chi connectivity index (χ0) is 16.9. The number of H-pyrrole nitrogens is 1. The molecule has 0 saturated heterocycles. The van der Waals surface area contributed by atoms with Gasteiger partial charge in [-0.1, -0.05) is 30.3 Å². The molecule has 0 saturated carbocycles. The second-order valence-electron chi connectivity index (χ2n) is 5.18. The van der Waals surface area contributed by atoms with Gasteiger partial charge in [0.1, 0.15) is 0 Å². The normalized spacial score (nSPS) is 11.0. The quantitative estimate of drug-likeness (QED) is 0.429. The Labute approximate surface area is 137 Å². The second-order valence-corrected chi connectivity index (χ2v) is 5.18. The zero-order valence-corrected chi connectivity index (χ0v) is 12.6. The third-order valence-electron chi connectivity index (χ3n) is 3.53. The summed E-state index contributed by atoms with van der Waals surface area (Å²) in [5, 5.41) is 15.6. The number of carbonyl (C=O) groups excluding carboxylic acids is 1. The van der Waals surface area contributed by atoms with Gasteiger partial charge in [0.2, 0.25) is 5.91 Å². The van der Waals surface area contributed by atoms with Crippen LogP contribution in [0.5, 0.6) is 0 Å². The molecule has 7 nitrogen and oxygen atoms in total. The fraction of sp³-hybridized carbons (Fsp3) is 0.0588. The molecule has 0 aliphatic rings. The highest BCUT2D eigenvalue weighted by Gasteiger charge is 2.07. The molecule has 2 aromatic carbocycles. The SMILES string of the molecule is O=C(Cc1ccc([N+](=O)[O-])cc1)NN=Cc1c[nH]c2ccccc12. The lowest BCUT2D eigenvalue weighted by Gasteiger charge is -2.00. The standard InChI is InChI=1S/C17H14N4O3/c22-17(9-12-5-7-14(8-6-12)21(23)24)20-19-11-13-10-18-16-4-2-1-3-15(13)16/h1-8,10-11,18H,9H2,(H,20,22). The minimum atomic E-state index is -0.477. The molecule has 0 spiro atoms. The smallest absolute Gasteiger partial charge is 0.269 e. The van der Waals surface area contributed by atoms with Crippen LogP contribution >= 0.6 is 0 Å². The molecule has 1 amide bonds. The van der Waals surface area contributed by atoms with Crippen LogP contribution in [0.3, 0.4) is 0 Å². The van der Waals surface area contributed by atoms with Crippen molar-refractivity contribution in [3.8, 4) is 0 Å². The van der Waals surface area contributed by atoms with Gasteiger partial charge >= 0.3 is 0 Å². The number of nitrogens with zero attached hydrogens (tertiary/aromatic N) is 2. The number of para-hydroxylation sites is 1. The van der Waals surface area contributed by atoms with Crippen LogP contribution in [-0.4, -0.2) is 22.0 Å². The molecule has 0 bridgehead atoms. The van der Waals surface area contributed by atoms with Crippen molar-refractivity contribution >= 4 is 28.7 Å². The summed E-state index contributed by atoms with van der Waals surface area (Å²) in [5.74, 6) is -0.292. The van der Waals surface area contributed by atoms with Gasteiger partial charge in [-0.3, -0.25) is 14.9 Å². The lowest BCUT2D eigenvalue weighted by Crippen LogP contribution is -2.19. The van der Waals surface area contributed by atoms with Crippen molar-refractivity contribution in [1.82, 2.24) is 10.4 Å². The molecule has 3 aromatic rings. The van der Waals surface area contributed by atoms with Gasteiger partial charge in [0.05, 0.1) is 17.6 Å². The predicted octanol–water partition coefficient (Wildman–Crippen LogP) is 2.77. The van der Waals surface area contributed by atoms with Crippen LogP contribution in [0.2, 0.25) is 0 Å². The van der Waals surface area contributed by atoms with Crippen molar-refractivity contribution in [3.63, 3.8) is 0 Å². The summed E-state index contributed by atoms with van der Waals surface area (Å²) in [4.78, 5) is 25.1. The fourth-order valence-corrected chi connectivity index (χ4v) is 2.34. The highest BCUT2D eigenvalue weighted by molar-refractivity contribution is 5.99. The summed E-state index contributed by atoms with van der Waals surface area (Å²) in [6.07, 6.45) is 3.49. The molecular weight excluding hydrogens is 308 g/mol. The molecule has 1 heterocycles. The maximum atomic E-state index is 11.9. The van der Waals surface area contributed by atoms with E-state index in [1.165, 1.54) is 12.1 Å². The van der Waals surface area contributed by atoms with Gasteiger partial charge in [-0.25, -0.2) is 5.43 Å². The molecule has 0 unspecified atom stereocenters. The Bertz CT molecular complexity index is 913. The van der Waals surface area contributed by atoms with E-state index in [9.17, 15) is 14.9 Å². The van der Waals surface area contributed by atoms with Crippen molar-refractivity contribution in [1.29, 1.82) is 0 Å². The van der Waals surface area contributed by atoms with E-state index in [1.54, 1.807) is 18.3 Å². The molecule has 0 radical (unpaired) electrons. The minimum Gasteiger partial charge on any atom is -0.361 e. The van der Waals surface area contributed by atoms with E-state index in [0.29, 0.717) is 5.56 Å². The Morgan fingerprint density at radius 3 is 2.71 bits per heavy atom. The third-order valence-corrected chi connectivity index (χ3v) is 3.53. The van der Waals surface area contributed by atoms with Crippen LogP contribution in [0.1, 0.15) is 11.1 Å². The minimum absolute atomic E-state index is 0.00323. The number of nitrogens with one attached hydrogen (secondary N) is 2. The average molecular weight is 322 g/mol. The van der Waals surface area contributed by atoms with Crippen LogP contribution in [0.25, 0.3) is 10.9 Å². The highest BCUT2D eigenvalue weighted by atomic mass is 16.6. The number of carbonyl (C=O) groups is 1. The third kappa shape index (κ3) is 3.46. The lowest BCUT2D eigenvalue weighted by molar-refractivity contribution is -0.384. The van der Waals surface area contributed by atoms with E-state index in [1.807, 2.05) is 30.5 Å². The number of nitro groups is 1. The van der Waals surface area contributed by atoms with Gasteiger partial charge in [0.25, 0.3) is 5.69 Å². The summed E-state index contributed by atoms with van der Waals surface area (Å²) < 4.78 is 0. The largest absolute Gasteiger partial charge is 0.361 e. The van der Waals surface area contributed by atoms with Crippen molar-refractivity contribution < 1.29 is 9.72 Å². The summed E-state index contributed by atoms with van der Waals surface area (Å²) in [6.45, 7) is 0. The van der Waals surface area contributed by atoms with Gasteiger partial charge in [0.15, 0.2) is 0 Å². The van der Waals surface area contributed by atoms with E-state index in [4.69, 9.17) is 0 Å². The monoisotopic (exact) mass is 322 g/mol. The number of hydrogen-bond donors (Lipinski definition) is 2. The van der Waals surface area contributed by atoms with Crippen molar-refractivity contribution in [2.45, 2.75) is 6.42 Å². The van der Waals surface area contributed by atoms with E-state index in [-0.39, 0.29) is 18.0 Å². The molecule has 3 rings (SSSR count). The topological polar surface area (TPSA) is 100 Å². The number of benzene rings is 2. The van der Waals surface area contributed by atoms with E-state index in [0.717, 1.165) is 16.5 Å². The number of aromatic amines is 1. The first kappa shape index (κ1) is 15.4. The van der Waals surface area contributed by atoms with Gasteiger partial charge in [-0.05, 0) is 11.6 Å². The Morgan fingerprint density at radius 1 is 1.21 bits per heavy atom. The van der Waals surface area contributed by atoms with E-state index < -0.39 is 4.92 Å². The maximum absolute atomic E-state index is 11.9. The van der Waals surface area contributed by atoms with Gasteiger partial charge in [-0.2, -0.15) is 5.10 Å². The number of hydrogen-bond acceptors (Lipinski definition) is 4. The van der Waals surface area contributed by atoms with Crippen LogP contribution in [0.15, 0.2) is 59.8 Å². The van der Waals surface area contributed by atoms with Crippen LogP contribution in [0.4, 0.5) is 5.69 Å². The number of fused-ring (bicyclic) bond motifs is 1. The van der Waals surface area contributed by atoms with Gasteiger partial charge in [-0.15, -0.1) is 0 Å². The number of hydrazone groups is 1. The Hall–Kier alpha value is -3.48. The Morgan fingerprint density at radius 2 is 1.96 bits per heavy atom. The van der Waals surface area contributed by atoms with Crippen LogP contribution < -0.4 is 5.43 Å². The first-order valence-corrected chi connectivity index (χ1v) is 7.25. The van der Waals surface area contributed by atoms with Crippen molar-refractivity contribution in [3.05, 3.63) is 76.0 Å². The molecule has 1 aromatic heterocycles. The molecular formula is C17H14N4O3. The Kier molecular flexibility index (Phi) is 4.33. The van der Waals surface area contributed by atoms with Crippen LogP contribution in [0, 0.1) is 10.1 Å². The molecule has 0 aliphatic carbocycles. The molecule has 0 aliphatic heterocycles. The maximum Gasteiger partial charge on any atom is 0.269 e. The molecule has 120 valence electrons. The predicted molar refractivity (Wildman–Crippen MR) is 90.8 cm³/mol. The number of nitro benzene ring substituents is 1. The molecule has 0 fully saturated rings. The van der Waals surface area contributed by atoms with Gasteiger partial charge in [0, 0.05) is 34.8 Å². The van der Waals surface area contributed by atoms with Crippen LogP contribution in [-0.2, 0) is 11.2 Å². The van der Waals surface area contributed by atoms with E-state index in [2.05, 4.69) is 15.5 Å². The number of aromatic nitrogens is 1. The summed E-state index contributed by atoms with van der Waals surface area (Å²) in [7, 11) is 0. The molecule has 0 atom stereocenters. The molecule has 24 heavy (non-hydrogen) atoms. The molecule has 2 N–H and O–H groups in total. The fourth-order valence-electron chi connectivity index (χ4n) is 2.34. The number of rotatable bonds is 5. The molecule has 7 heteroatoms. The first-order valence-electron chi connectivity index (χ1n) is 7.25. The average Bonchev–Trinajstić information content (AvgIpc) is 2.99. The number of non-ortho nitro benzene ring substituents is 1. The second kappa shape index (κ2) is 6.74. The number of amides is 1. The van der Waals surface area contributed by atoms with Gasteiger partial charge < -0.3 is 4.98 Å². The summed E-state index contributed by atoms with van der Waals surface area (Å²) in [5.41, 5.74) is 5.00. The van der Waals surface area contributed by atoms with Crippen molar-refractivity contribution in [2.75, 3.05) is 0 Å². The Balaban J connectivity index is 1.60. The first-order chi connectivity index (χ1) is 11.6. The zero-order valence-electron chi connectivity index (χ0n) is 12.6. The van der Waals surface area contributed by atoms with Crippen molar-refractivity contribution in [2.24, 2.45) is 5.10 Å². The highest BCUT2D eigenvalue weighted by Crippen LogP contribution is 2.15. The lowest BCUT2D eigenvalue weighted by atomic mass is 10.1.